The van der Waals surface area contributed by atoms with Crippen molar-refractivity contribution in [1.29, 1.82) is 0 Å². The Labute approximate surface area is 170 Å². The summed E-state index contributed by atoms with van der Waals surface area (Å²) in [7, 11) is 0. The van der Waals surface area contributed by atoms with Crippen molar-refractivity contribution < 1.29 is 0 Å². The molecular formula is C20H28ClN5S. The summed E-state index contributed by atoms with van der Waals surface area (Å²) in [6.45, 7) is 19.5. The number of nitrogens with zero attached hydrogens (tertiary/aromatic N) is 4. The molecule has 2 aromatic heterocycles. The van der Waals surface area contributed by atoms with Crippen LogP contribution in [0.5, 0.6) is 0 Å². The van der Waals surface area contributed by atoms with Crippen LogP contribution in [0.4, 0.5) is 5.13 Å². The Morgan fingerprint density at radius 3 is 2.56 bits per heavy atom. The first kappa shape index (κ1) is 20.0. The molecule has 1 fully saturated rings. The number of aromatic amines is 1. The molecule has 3 heterocycles. The summed E-state index contributed by atoms with van der Waals surface area (Å²) in [5.74, 6) is 0.776. The average molecular weight is 406 g/mol. The van der Waals surface area contributed by atoms with Gasteiger partial charge in [-0.1, -0.05) is 49.9 Å². The van der Waals surface area contributed by atoms with Crippen molar-refractivity contribution in [3.05, 3.63) is 40.4 Å². The van der Waals surface area contributed by atoms with E-state index in [1.165, 1.54) is 4.88 Å². The fourth-order valence-corrected chi connectivity index (χ4v) is 4.67. The van der Waals surface area contributed by atoms with Crippen LogP contribution in [0, 0.1) is 6.92 Å². The van der Waals surface area contributed by atoms with Crippen LogP contribution < -0.4 is 4.90 Å². The molecule has 1 aliphatic rings. The zero-order valence-corrected chi connectivity index (χ0v) is 18.2. The molecule has 146 valence electrons. The Kier molecular flexibility index (Phi) is 5.96. The van der Waals surface area contributed by atoms with Crippen molar-refractivity contribution in [2.45, 2.75) is 46.6 Å². The van der Waals surface area contributed by atoms with Gasteiger partial charge in [0.25, 0.3) is 0 Å². The Balaban J connectivity index is 1.71. The number of halogens is 1. The van der Waals surface area contributed by atoms with Gasteiger partial charge in [-0.15, -0.1) is 0 Å². The summed E-state index contributed by atoms with van der Waals surface area (Å²) < 4.78 is 0. The largest absolute Gasteiger partial charge is 0.362 e. The molecule has 27 heavy (non-hydrogen) atoms. The van der Waals surface area contributed by atoms with Crippen molar-refractivity contribution in [2.75, 3.05) is 24.5 Å². The summed E-state index contributed by atoms with van der Waals surface area (Å²) in [4.78, 5) is 18.4. The second kappa shape index (κ2) is 8.07. The third kappa shape index (κ3) is 3.92. The van der Waals surface area contributed by atoms with E-state index in [1.807, 2.05) is 6.92 Å². The second-order valence-electron chi connectivity index (χ2n) is 7.10. The standard InChI is InChI=1S/C20H28ClN5S/c1-7-9-26(14(6)19-23-16(8-2)18(21)24-19)15-10-25(11-15)20-22-13(5)17(27-20)12(3)4/h15H,3,6-11H2,1-2,4-5H3,(H,23,24). The fraction of sp³-hybridized carbons (Fsp3) is 0.500. The number of hydrogen-bond donors (Lipinski definition) is 1. The van der Waals surface area contributed by atoms with Crippen molar-refractivity contribution >= 4 is 39.3 Å². The van der Waals surface area contributed by atoms with Gasteiger partial charge in [0.15, 0.2) is 16.1 Å². The predicted octanol–water partition coefficient (Wildman–Crippen LogP) is 5.00. The summed E-state index contributed by atoms with van der Waals surface area (Å²) in [6.07, 6.45) is 1.89. The molecule has 5 nitrogen and oxygen atoms in total. The van der Waals surface area contributed by atoms with Crippen molar-refractivity contribution in [2.24, 2.45) is 0 Å². The van der Waals surface area contributed by atoms with E-state index >= 15 is 0 Å². The number of H-pyrrole nitrogens is 1. The maximum absolute atomic E-state index is 6.22. The van der Waals surface area contributed by atoms with Gasteiger partial charge in [-0.2, -0.15) is 0 Å². The number of hydrogen-bond acceptors (Lipinski definition) is 5. The molecule has 0 aromatic carbocycles. The molecule has 0 spiro atoms. The number of thiazole rings is 1. The first-order chi connectivity index (χ1) is 12.8. The lowest BCUT2D eigenvalue weighted by atomic mass is 10.1. The molecule has 0 amide bonds. The molecule has 2 aromatic rings. The van der Waals surface area contributed by atoms with E-state index in [2.05, 4.69) is 53.7 Å². The Bertz CT molecular complexity index is 847. The molecule has 3 rings (SSSR count). The first-order valence-electron chi connectivity index (χ1n) is 9.44. The number of nitrogens with one attached hydrogen (secondary N) is 1. The minimum atomic E-state index is 0.406. The van der Waals surface area contributed by atoms with Gasteiger partial charge < -0.3 is 14.8 Å². The highest BCUT2D eigenvalue weighted by molar-refractivity contribution is 7.16. The maximum atomic E-state index is 6.22. The van der Waals surface area contributed by atoms with Crippen LogP contribution in [0.25, 0.3) is 11.3 Å². The molecular weight excluding hydrogens is 378 g/mol. The SMILES string of the molecule is C=C(C)c1sc(N2CC(N(CCC)C(=C)c3nc(Cl)c(CC)[nH]3)C2)nc1C. The Morgan fingerprint density at radius 1 is 1.33 bits per heavy atom. The van der Waals surface area contributed by atoms with E-state index in [9.17, 15) is 0 Å². The molecule has 0 unspecified atom stereocenters. The van der Waals surface area contributed by atoms with E-state index in [4.69, 9.17) is 16.6 Å². The molecule has 0 radical (unpaired) electrons. The smallest absolute Gasteiger partial charge is 0.186 e. The number of anilines is 1. The summed E-state index contributed by atoms with van der Waals surface area (Å²) in [5, 5.41) is 1.63. The topological polar surface area (TPSA) is 48.0 Å². The van der Waals surface area contributed by atoms with Gasteiger partial charge in [-0.05, 0) is 32.3 Å². The van der Waals surface area contributed by atoms with Gasteiger partial charge in [0.05, 0.1) is 28.0 Å². The van der Waals surface area contributed by atoms with Crippen LogP contribution in [0.1, 0.15) is 49.3 Å². The highest BCUT2D eigenvalue weighted by atomic mass is 35.5. The molecule has 1 N–H and O–H groups in total. The minimum absolute atomic E-state index is 0.406. The molecule has 1 aliphatic heterocycles. The van der Waals surface area contributed by atoms with E-state index in [1.54, 1.807) is 11.3 Å². The van der Waals surface area contributed by atoms with Gasteiger partial charge in [0.1, 0.15) is 0 Å². The van der Waals surface area contributed by atoms with E-state index in [0.29, 0.717) is 11.2 Å². The number of imidazole rings is 1. The third-order valence-corrected chi connectivity index (χ3v) is 6.61. The van der Waals surface area contributed by atoms with Gasteiger partial charge >= 0.3 is 0 Å². The lowest BCUT2D eigenvalue weighted by molar-refractivity contribution is 0.247. The monoisotopic (exact) mass is 405 g/mol. The second-order valence-corrected chi connectivity index (χ2v) is 8.43. The number of aryl methyl sites for hydroxylation is 2. The van der Waals surface area contributed by atoms with Crippen LogP contribution >= 0.6 is 22.9 Å². The van der Waals surface area contributed by atoms with Crippen LogP contribution in [-0.2, 0) is 6.42 Å². The Morgan fingerprint density at radius 2 is 2.04 bits per heavy atom. The number of aromatic nitrogens is 3. The fourth-order valence-electron chi connectivity index (χ4n) is 3.40. The van der Waals surface area contributed by atoms with Crippen LogP contribution in [0.3, 0.4) is 0 Å². The zero-order chi connectivity index (χ0) is 19.7. The van der Waals surface area contributed by atoms with Crippen molar-refractivity contribution in [1.82, 2.24) is 19.9 Å². The lowest BCUT2D eigenvalue weighted by Crippen LogP contribution is -2.59. The van der Waals surface area contributed by atoms with Gasteiger partial charge in [0, 0.05) is 19.6 Å². The molecule has 7 heteroatoms. The summed E-state index contributed by atoms with van der Waals surface area (Å²) >= 11 is 7.95. The van der Waals surface area contributed by atoms with E-state index in [-0.39, 0.29) is 0 Å². The maximum Gasteiger partial charge on any atom is 0.186 e. The zero-order valence-electron chi connectivity index (χ0n) is 16.6. The minimum Gasteiger partial charge on any atom is -0.362 e. The van der Waals surface area contributed by atoms with Gasteiger partial charge in [0.2, 0.25) is 0 Å². The van der Waals surface area contributed by atoms with Crippen molar-refractivity contribution in [3.63, 3.8) is 0 Å². The molecule has 1 saturated heterocycles. The quantitative estimate of drug-likeness (QED) is 0.671. The van der Waals surface area contributed by atoms with E-state index in [0.717, 1.165) is 66.1 Å². The van der Waals surface area contributed by atoms with E-state index < -0.39 is 0 Å². The summed E-state index contributed by atoms with van der Waals surface area (Å²) in [6, 6.07) is 0.406. The first-order valence-corrected chi connectivity index (χ1v) is 10.6. The summed E-state index contributed by atoms with van der Waals surface area (Å²) in [5.41, 5.74) is 4.03. The molecule has 0 saturated carbocycles. The van der Waals surface area contributed by atoms with Crippen LogP contribution in [-0.4, -0.2) is 45.5 Å². The highest BCUT2D eigenvalue weighted by Gasteiger charge is 2.35. The van der Waals surface area contributed by atoms with Gasteiger partial charge in [-0.3, -0.25) is 0 Å². The Hall–Kier alpha value is -1.79. The van der Waals surface area contributed by atoms with Gasteiger partial charge in [-0.25, -0.2) is 9.97 Å². The van der Waals surface area contributed by atoms with Crippen molar-refractivity contribution in [3.8, 4) is 0 Å². The van der Waals surface area contributed by atoms with Crippen LogP contribution in [0.2, 0.25) is 5.15 Å². The number of rotatable bonds is 8. The average Bonchev–Trinajstić information content (AvgIpc) is 3.15. The lowest BCUT2D eigenvalue weighted by Gasteiger charge is -2.46. The van der Waals surface area contributed by atoms with Crippen LogP contribution in [0.15, 0.2) is 13.2 Å². The number of allylic oxidation sites excluding steroid dienone is 1. The molecule has 0 aliphatic carbocycles. The highest BCUT2D eigenvalue weighted by Crippen LogP contribution is 2.35. The normalized spacial score (nSPS) is 14.3. The molecule has 0 bridgehead atoms. The molecule has 0 atom stereocenters. The third-order valence-electron chi connectivity index (χ3n) is 4.91. The predicted molar refractivity (Wildman–Crippen MR) is 117 cm³/mol.